The highest BCUT2D eigenvalue weighted by molar-refractivity contribution is 7.99. The number of rotatable bonds is 5. The van der Waals surface area contributed by atoms with Crippen LogP contribution in [0.25, 0.3) is 27.4 Å². The summed E-state index contributed by atoms with van der Waals surface area (Å²) in [6.45, 7) is 2.03. The first-order valence-corrected chi connectivity index (χ1v) is 10.9. The number of pyridine rings is 1. The Morgan fingerprint density at radius 2 is 2.10 bits per heavy atom. The number of anilines is 1. The van der Waals surface area contributed by atoms with E-state index >= 15 is 0 Å². The minimum atomic E-state index is -0.133. The molecule has 0 aliphatic carbocycles. The molecule has 0 fully saturated rings. The minimum Gasteiger partial charge on any atom is -0.301 e. The maximum Gasteiger partial charge on any atom is 0.236 e. The molecule has 0 unspecified atom stereocenters. The summed E-state index contributed by atoms with van der Waals surface area (Å²) >= 11 is 2.80. The normalized spacial score (nSPS) is 11.2. The van der Waals surface area contributed by atoms with Gasteiger partial charge in [-0.3, -0.25) is 9.78 Å². The summed E-state index contributed by atoms with van der Waals surface area (Å²) in [5.74, 6) is 0.641. The van der Waals surface area contributed by atoms with E-state index in [4.69, 9.17) is 0 Å². The number of carbonyl (C=O) groups excluding carboxylic acids is 1. The van der Waals surface area contributed by atoms with Gasteiger partial charge in [-0.25, -0.2) is 4.98 Å². The predicted octanol–water partition coefficient (Wildman–Crippen LogP) is 3.84. The number of aromatic nitrogens is 6. The van der Waals surface area contributed by atoms with E-state index in [1.807, 2.05) is 49.4 Å². The molecular weight excluding hydrogens is 418 g/mol. The molecule has 1 N–H and O–H groups in total. The topological polar surface area (TPSA) is 98.0 Å². The van der Waals surface area contributed by atoms with Crippen LogP contribution in [0.15, 0.2) is 59.8 Å². The van der Waals surface area contributed by atoms with Crippen molar-refractivity contribution in [3.63, 3.8) is 0 Å². The van der Waals surface area contributed by atoms with E-state index in [-0.39, 0.29) is 11.7 Å². The molecule has 10 heteroatoms. The molecule has 5 aromatic rings. The molecule has 0 saturated carbocycles. The largest absolute Gasteiger partial charge is 0.301 e. The number of benzene rings is 1. The molecule has 4 heterocycles. The van der Waals surface area contributed by atoms with Crippen LogP contribution in [0.1, 0.15) is 5.56 Å². The lowest BCUT2D eigenvalue weighted by atomic mass is 10.2. The Morgan fingerprint density at radius 3 is 2.97 bits per heavy atom. The van der Waals surface area contributed by atoms with Crippen LogP contribution in [-0.2, 0) is 4.79 Å². The van der Waals surface area contributed by atoms with Gasteiger partial charge in [0.05, 0.1) is 16.0 Å². The zero-order valence-electron chi connectivity index (χ0n) is 15.8. The SMILES string of the molecule is Cc1ccc2nc(NC(=O)CSc3ccc4nnc(-c5ccccn5)n4n3)sc2c1. The Kier molecular flexibility index (Phi) is 4.85. The van der Waals surface area contributed by atoms with E-state index in [0.29, 0.717) is 27.3 Å². The third kappa shape index (κ3) is 3.74. The highest BCUT2D eigenvalue weighted by Gasteiger charge is 2.13. The van der Waals surface area contributed by atoms with Crippen LogP contribution >= 0.6 is 23.1 Å². The number of carbonyl (C=O) groups is 1. The summed E-state index contributed by atoms with van der Waals surface area (Å²) in [7, 11) is 0. The number of thiazole rings is 1. The molecule has 0 aliphatic heterocycles. The Balaban J connectivity index is 1.30. The standard InChI is InChI=1S/C20H15N7OS2/c1-12-5-6-13-15(10-12)30-20(22-13)23-17(28)11-29-18-8-7-16-24-25-19(27(16)26-18)14-4-2-3-9-21-14/h2-10H,11H2,1H3,(H,22,23,28). The molecule has 0 radical (unpaired) electrons. The number of hydrogen-bond donors (Lipinski definition) is 1. The van der Waals surface area contributed by atoms with Gasteiger partial charge in [-0.05, 0) is 48.9 Å². The van der Waals surface area contributed by atoms with E-state index in [2.05, 4.69) is 36.6 Å². The first-order valence-electron chi connectivity index (χ1n) is 9.09. The summed E-state index contributed by atoms with van der Waals surface area (Å²) < 4.78 is 2.69. The zero-order valence-corrected chi connectivity index (χ0v) is 17.4. The van der Waals surface area contributed by atoms with Crippen molar-refractivity contribution in [2.24, 2.45) is 0 Å². The zero-order chi connectivity index (χ0) is 20.5. The van der Waals surface area contributed by atoms with Crippen LogP contribution in [0.3, 0.4) is 0 Å². The van der Waals surface area contributed by atoms with Crippen LogP contribution < -0.4 is 5.32 Å². The number of amides is 1. The maximum atomic E-state index is 12.4. The van der Waals surface area contributed by atoms with Crippen molar-refractivity contribution < 1.29 is 4.79 Å². The average Bonchev–Trinajstić information content (AvgIpc) is 3.35. The van der Waals surface area contributed by atoms with Crippen LogP contribution in [0.4, 0.5) is 5.13 Å². The molecule has 1 amide bonds. The summed E-state index contributed by atoms with van der Waals surface area (Å²) in [5.41, 5.74) is 3.35. The first-order chi connectivity index (χ1) is 14.7. The van der Waals surface area contributed by atoms with Gasteiger partial charge in [-0.2, -0.15) is 9.61 Å². The molecule has 0 bridgehead atoms. The van der Waals surface area contributed by atoms with Crippen LogP contribution in [0.5, 0.6) is 0 Å². The molecular formula is C20H15N7OS2. The fraction of sp³-hybridized carbons (Fsp3) is 0.100. The molecule has 30 heavy (non-hydrogen) atoms. The highest BCUT2D eigenvalue weighted by atomic mass is 32.2. The van der Waals surface area contributed by atoms with Crippen molar-refractivity contribution in [3.8, 4) is 11.5 Å². The maximum absolute atomic E-state index is 12.4. The quantitative estimate of drug-likeness (QED) is 0.421. The lowest BCUT2D eigenvalue weighted by molar-refractivity contribution is -0.113. The van der Waals surface area contributed by atoms with Gasteiger partial charge in [0.15, 0.2) is 10.8 Å². The number of nitrogens with zero attached hydrogens (tertiary/aromatic N) is 6. The summed E-state index contributed by atoms with van der Waals surface area (Å²) in [4.78, 5) is 21.2. The molecule has 1 aromatic carbocycles. The first kappa shape index (κ1) is 18.6. The lowest BCUT2D eigenvalue weighted by Crippen LogP contribution is -2.14. The van der Waals surface area contributed by atoms with Crippen molar-refractivity contribution >= 4 is 50.0 Å². The molecule has 0 atom stereocenters. The molecule has 0 spiro atoms. The minimum absolute atomic E-state index is 0.133. The number of fused-ring (bicyclic) bond motifs is 2. The lowest BCUT2D eigenvalue weighted by Gasteiger charge is -2.03. The third-order valence-electron chi connectivity index (χ3n) is 4.27. The van der Waals surface area contributed by atoms with Gasteiger partial charge in [0, 0.05) is 6.20 Å². The van der Waals surface area contributed by atoms with E-state index in [1.54, 1.807) is 10.7 Å². The number of nitrogens with one attached hydrogen (secondary N) is 1. The molecule has 4 aromatic heterocycles. The predicted molar refractivity (Wildman–Crippen MR) is 118 cm³/mol. The van der Waals surface area contributed by atoms with E-state index in [9.17, 15) is 4.79 Å². The monoisotopic (exact) mass is 433 g/mol. The second-order valence-electron chi connectivity index (χ2n) is 6.51. The smallest absolute Gasteiger partial charge is 0.236 e. The Morgan fingerprint density at radius 1 is 1.17 bits per heavy atom. The van der Waals surface area contributed by atoms with Crippen molar-refractivity contribution in [2.75, 3.05) is 11.1 Å². The molecule has 5 rings (SSSR count). The van der Waals surface area contributed by atoms with Gasteiger partial charge in [0.2, 0.25) is 11.7 Å². The Hall–Kier alpha value is -3.37. The summed E-state index contributed by atoms with van der Waals surface area (Å²) in [5, 5.41) is 17.0. The van der Waals surface area contributed by atoms with E-state index in [1.165, 1.54) is 28.7 Å². The summed E-state index contributed by atoms with van der Waals surface area (Å²) in [6.07, 6.45) is 1.70. The number of thioether (sulfide) groups is 1. The average molecular weight is 434 g/mol. The van der Waals surface area contributed by atoms with E-state index < -0.39 is 0 Å². The fourth-order valence-corrected chi connectivity index (χ4v) is 4.52. The van der Waals surface area contributed by atoms with Gasteiger partial charge >= 0.3 is 0 Å². The van der Waals surface area contributed by atoms with Crippen LogP contribution in [0, 0.1) is 6.92 Å². The second kappa shape index (κ2) is 7.81. The van der Waals surface area contributed by atoms with Gasteiger partial charge in [0.1, 0.15) is 10.7 Å². The fourth-order valence-electron chi connectivity index (χ4n) is 2.88. The summed E-state index contributed by atoms with van der Waals surface area (Å²) in [6, 6.07) is 15.3. The van der Waals surface area contributed by atoms with Crippen molar-refractivity contribution in [2.45, 2.75) is 11.9 Å². The van der Waals surface area contributed by atoms with Crippen molar-refractivity contribution in [1.29, 1.82) is 0 Å². The van der Waals surface area contributed by atoms with Gasteiger partial charge in [-0.1, -0.05) is 35.2 Å². The van der Waals surface area contributed by atoms with E-state index in [0.717, 1.165) is 10.2 Å². The molecule has 148 valence electrons. The number of aryl methyl sites for hydroxylation is 1. The van der Waals surface area contributed by atoms with Gasteiger partial charge in [0.25, 0.3) is 0 Å². The Bertz CT molecular complexity index is 1360. The van der Waals surface area contributed by atoms with Crippen molar-refractivity contribution in [1.82, 2.24) is 29.8 Å². The third-order valence-corrected chi connectivity index (χ3v) is 6.13. The van der Waals surface area contributed by atoms with Gasteiger partial charge < -0.3 is 5.32 Å². The number of hydrogen-bond acceptors (Lipinski definition) is 8. The Labute approximate surface area is 179 Å². The van der Waals surface area contributed by atoms with Crippen molar-refractivity contribution in [3.05, 3.63) is 60.3 Å². The molecule has 8 nitrogen and oxygen atoms in total. The second-order valence-corrected chi connectivity index (χ2v) is 8.53. The van der Waals surface area contributed by atoms with Gasteiger partial charge in [-0.15, -0.1) is 10.2 Å². The molecule has 0 aliphatic rings. The van der Waals surface area contributed by atoms with Crippen LogP contribution in [0.2, 0.25) is 0 Å². The highest BCUT2D eigenvalue weighted by Crippen LogP contribution is 2.27. The molecule has 0 saturated heterocycles. The van der Waals surface area contributed by atoms with Crippen LogP contribution in [-0.4, -0.2) is 41.4 Å².